The molecule has 0 saturated carbocycles. The van der Waals surface area contributed by atoms with Gasteiger partial charge in [0.05, 0.1) is 0 Å². The highest BCUT2D eigenvalue weighted by atomic mass is 16.4. The van der Waals surface area contributed by atoms with Crippen LogP contribution >= 0.6 is 0 Å². The zero-order valence-corrected chi connectivity index (χ0v) is 14.3. The van der Waals surface area contributed by atoms with Crippen LogP contribution in [0, 0.1) is 0 Å². The molecular weight excluding hydrogens is 326 g/mol. The Morgan fingerprint density at radius 3 is 2.31 bits per heavy atom. The van der Waals surface area contributed by atoms with Crippen molar-refractivity contribution in [2.45, 2.75) is 18.9 Å². The molecule has 1 N–H and O–H groups in total. The highest BCUT2D eigenvalue weighted by molar-refractivity contribution is 5.97. The first-order valence-electron chi connectivity index (χ1n) is 8.76. The molecule has 4 rings (SSSR count). The van der Waals surface area contributed by atoms with Crippen LogP contribution in [0.4, 0.5) is 0 Å². The third-order valence-corrected chi connectivity index (χ3v) is 5.01. The third kappa shape index (κ3) is 2.94. The Kier molecular flexibility index (Phi) is 4.17. The van der Waals surface area contributed by atoms with Crippen LogP contribution < -0.4 is 0 Å². The second-order valence-corrected chi connectivity index (χ2v) is 6.63. The summed E-state index contributed by atoms with van der Waals surface area (Å²) in [7, 11) is 0. The Bertz CT molecular complexity index is 978. The molecule has 0 aromatic heterocycles. The molecule has 4 nitrogen and oxygen atoms in total. The summed E-state index contributed by atoms with van der Waals surface area (Å²) in [5.41, 5.74) is 2.65. The maximum absolute atomic E-state index is 12.6. The van der Waals surface area contributed by atoms with Gasteiger partial charge in [0.25, 0.3) is 5.91 Å². The van der Waals surface area contributed by atoms with E-state index in [4.69, 9.17) is 0 Å². The van der Waals surface area contributed by atoms with Crippen molar-refractivity contribution in [3.8, 4) is 11.1 Å². The van der Waals surface area contributed by atoms with E-state index in [0.29, 0.717) is 18.5 Å². The molecule has 1 atom stereocenters. The first kappa shape index (κ1) is 16.3. The smallest absolute Gasteiger partial charge is 0.326 e. The van der Waals surface area contributed by atoms with Gasteiger partial charge in [-0.15, -0.1) is 0 Å². The normalized spacial score (nSPS) is 16.8. The average molecular weight is 345 g/mol. The minimum atomic E-state index is -0.927. The van der Waals surface area contributed by atoms with Crippen molar-refractivity contribution in [3.05, 3.63) is 72.3 Å². The molecule has 1 aliphatic rings. The van der Waals surface area contributed by atoms with Gasteiger partial charge in [-0.3, -0.25) is 4.79 Å². The summed E-state index contributed by atoms with van der Waals surface area (Å²) in [6, 6.07) is 21.2. The number of fused-ring (bicyclic) bond motifs is 1. The van der Waals surface area contributed by atoms with Crippen LogP contribution in [0.2, 0.25) is 0 Å². The zero-order chi connectivity index (χ0) is 18.1. The van der Waals surface area contributed by atoms with E-state index in [-0.39, 0.29) is 5.91 Å². The molecule has 1 amide bonds. The molecule has 0 radical (unpaired) electrons. The monoisotopic (exact) mass is 345 g/mol. The van der Waals surface area contributed by atoms with Gasteiger partial charge in [0.15, 0.2) is 0 Å². The minimum Gasteiger partial charge on any atom is -0.480 e. The highest BCUT2D eigenvalue weighted by Gasteiger charge is 2.34. The van der Waals surface area contributed by atoms with Gasteiger partial charge in [-0.05, 0) is 52.9 Å². The molecule has 26 heavy (non-hydrogen) atoms. The first-order valence-corrected chi connectivity index (χ1v) is 8.76. The fourth-order valence-corrected chi connectivity index (χ4v) is 3.61. The molecule has 1 unspecified atom stereocenters. The number of hydrogen-bond donors (Lipinski definition) is 1. The Morgan fingerprint density at radius 2 is 1.58 bits per heavy atom. The van der Waals surface area contributed by atoms with Gasteiger partial charge in [-0.1, -0.05) is 48.5 Å². The van der Waals surface area contributed by atoms with E-state index >= 15 is 0 Å². The van der Waals surface area contributed by atoms with E-state index in [1.54, 1.807) is 12.1 Å². The Labute approximate surface area is 151 Å². The van der Waals surface area contributed by atoms with Gasteiger partial charge in [-0.2, -0.15) is 0 Å². The zero-order valence-electron chi connectivity index (χ0n) is 14.3. The molecular formula is C22H19NO3. The van der Waals surface area contributed by atoms with Crippen LogP contribution in [0.1, 0.15) is 23.2 Å². The standard InChI is InChI=1S/C22H19NO3/c24-21(23-13-3-6-20(23)22(25)26)17-10-7-16(8-11-17)19-12-9-15-4-1-2-5-18(15)14-19/h1-2,4-5,7-12,14,20H,3,6,13H2,(H,25,26). The predicted octanol–water partition coefficient (Wildman–Crippen LogP) is 4.20. The number of aliphatic carboxylic acids is 1. The SMILES string of the molecule is O=C(O)C1CCCN1C(=O)c1ccc(-c2ccc3ccccc3c2)cc1. The topological polar surface area (TPSA) is 57.6 Å². The van der Waals surface area contributed by atoms with Gasteiger partial charge < -0.3 is 10.0 Å². The largest absolute Gasteiger partial charge is 0.480 e. The lowest BCUT2D eigenvalue weighted by atomic mass is 10.00. The number of carbonyl (C=O) groups is 2. The Hall–Kier alpha value is -3.14. The first-order chi connectivity index (χ1) is 12.6. The fraction of sp³-hybridized carbons (Fsp3) is 0.182. The number of carboxylic acids is 1. The van der Waals surface area contributed by atoms with Gasteiger partial charge >= 0.3 is 5.97 Å². The summed E-state index contributed by atoms with van der Waals surface area (Å²) in [4.78, 5) is 25.4. The molecule has 1 aliphatic heterocycles. The van der Waals surface area contributed by atoms with Crippen LogP contribution in [0.15, 0.2) is 66.7 Å². The number of likely N-dealkylation sites (tertiary alicyclic amines) is 1. The molecule has 1 fully saturated rings. The van der Waals surface area contributed by atoms with Crippen molar-refractivity contribution in [2.24, 2.45) is 0 Å². The number of amides is 1. The molecule has 0 aliphatic carbocycles. The van der Waals surface area contributed by atoms with Gasteiger partial charge in [0.2, 0.25) is 0 Å². The van der Waals surface area contributed by atoms with Gasteiger partial charge in [-0.25, -0.2) is 4.79 Å². The lowest BCUT2D eigenvalue weighted by Crippen LogP contribution is -2.40. The van der Waals surface area contributed by atoms with Crippen molar-refractivity contribution in [3.63, 3.8) is 0 Å². The van der Waals surface area contributed by atoms with E-state index in [1.807, 2.05) is 24.3 Å². The highest BCUT2D eigenvalue weighted by Crippen LogP contribution is 2.26. The number of hydrogen-bond acceptors (Lipinski definition) is 2. The van der Waals surface area contributed by atoms with Crippen LogP contribution in [-0.2, 0) is 4.79 Å². The molecule has 0 bridgehead atoms. The summed E-state index contributed by atoms with van der Waals surface area (Å²) >= 11 is 0. The summed E-state index contributed by atoms with van der Waals surface area (Å²) in [6.07, 6.45) is 1.26. The van der Waals surface area contributed by atoms with Crippen molar-refractivity contribution in [1.29, 1.82) is 0 Å². The molecule has 4 heteroatoms. The number of benzene rings is 3. The molecule has 3 aromatic carbocycles. The van der Waals surface area contributed by atoms with Crippen molar-refractivity contribution >= 4 is 22.6 Å². The number of rotatable bonds is 3. The number of carbonyl (C=O) groups excluding carboxylic acids is 1. The van der Waals surface area contributed by atoms with Crippen LogP contribution in [-0.4, -0.2) is 34.5 Å². The summed E-state index contributed by atoms with van der Waals surface area (Å²) in [6.45, 7) is 0.502. The lowest BCUT2D eigenvalue weighted by molar-refractivity contribution is -0.141. The molecule has 1 saturated heterocycles. The molecule has 1 heterocycles. The number of nitrogens with zero attached hydrogens (tertiary/aromatic N) is 1. The number of carboxylic acid groups (broad SMARTS) is 1. The molecule has 0 spiro atoms. The van der Waals surface area contributed by atoms with E-state index in [2.05, 4.69) is 30.3 Å². The summed E-state index contributed by atoms with van der Waals surface area (Å²) < 4.78 is 0. The van der Waals surface area contributed by atoms with Gasteiger partial charge in [0, 0.05) is 12.1 Å². The third-order valence-electron chi connectivity index (χ3n) is 5.01. The maximum atomic E-state index is 12.6. The lowest BCUT2D eigenvalue weighted by Gasteiger charge is -2.21. The second kappa shape index (κ2) is 6.64. The quantitative estimate of drug-likeness (QED) is 0.774. The van der Waals surface area contributed by atoms with E-state index in [9.17, 15) is 14.7 Å². The van der Waals surface area contributed by atoms with E-state index in [1.165, 1.54) is 15.7 Å². The molecule has 130 valence electrons. The van der Waals surface area contributed by atoms with Gasteiger partial charge in [0.1, 0.15) is 6.04 Å². The van der Waals surface area contributed by atoms with Crippen LogP contribution in [0.5, 0.6) is 0 Å². The summed E-state index contributed by atoms with van der Waals surface area (Å²) in [5.74, 6) is -1.14. The summed E-state index contributed by atoms with van der Waals surface area (Å²) in [5, 5.41) is 11.6. The van der Waals surface area contributed by atoms with E-state index < -0.39 is 12.0 Å². The predicted molar refractivity (Wildman–Crippen MR) is 101 cm³/mol. The second-order valence-electron chi connectivity index (χ2n) is 6.63. The van der Waals surface area contributed by atoms with Crippen LogP contribution in [0.25, 0.3) is 21.9 Å². The Balaban J connectivity index is 1.59. The van der Waals surface area contributed by atoms with Crippen LogP contribution in [0.3, 0.4) is 0 Å². The minimum absolute atomic E-state index is 0.208. The fourth-order valence-electron chi connectivity index (χ4n) is 3.61. The average Bonchev–Trinajstić information content (AvgIpc) is 3.17. The van der Waals surface area contributed by atoms with Crippen molar-refractivity contribution < 1.29 is 14.7 Å². The van der Waals surface area contributed by atoms with Crippen molar-refractivity contribution in [1.82, 2.24) is 4.90 Å². The maximum Gasteiger partial charge on any atom is 0.326 e. The van der Waals surface area contributed by atoms with E-state index in [0.717, 1.165) is 17.5 Å². The Morgan fingerprint density at radius 1 is 0.885 bits per heavy atom. The van der Waals surface area contributed by atoms with Crippen molar-refractivity contribution in [2.75, 3.05) is 6.54 Å². The molecule has 3 aromatic rings.